The third-order valence-corrected chi connectivity index (χ3v) is 4.03. The van der Waals surface area contributed by atoms with Gasteiger partial charge in [-0.15, -0.1) is 10.2 Å². The first-order chi connectivity index (χ1) is 8.59. The van der Waals surface area contributed by atoms with E-state index in [-0.39, 0.29) is 16.7 Å². The normalized spacial score (nSPS) is 12.7. The van der Waals surface area contributed by atoms with Crippen molar-refractivity contribution < 1.29 is 9.90 Å². The smallest absolute Gasteiger partial charge is 0.313 e. The molecule has 0 atom stereocenters. The van der Waals surface area contributed by atoms with Gasteiger partial charge in [-0.3, -0.25) is 4.79 Å². The van der Waals surface area contributed by atoms with Crippen LogP contribution >= 0.6 is 11.8 Å². The van der Waals surface area contributed by atoms with E-state index < -0.39 is 5.97 Å². The van der Waals surface area contributed by atoms with Crippen molar-refractivity contribution in [2.24, 2.45) is 0 Å². The Balaban J connectivity index is 3.24. The number of aromatic nitrogens is 3. The molecule has 0 unspecified atom stereocenters. The number of aliphatic carboxylic acids is 1. The summed E-state index contributed by atoms with van der Waals surface area (Å²) in [6.45, 7) is 12.6. The molecular weight excluding hydrogens is 262 g/mol. The summed E-state index contributed by atoms with van der Waals surface area (Å²) in [5.74, 6) is 0.0703. The van der Waals surface area contributed by atoms with Crippen molar-refractivity contribution in [3.05, 3.63) is 5.82 Å². The van der Waals surface area contributed by atoms with Gasteiger partial charge in [0.15, 0.2) is 5.16 Å². The summed E-state index contributed by atoms with van der Waals surface area (Å²) in [7, 11) is 0. The van der Waals surface area contributed by atoms with E-state index in [9.17, 15) is 4.79 Å². The lowest BCUT2D eigenvalue weighted by atomic mass is 9.88. The third-order valence-electron chi connectivity index (χ3n) is 3.12. The lowest BCUT2D eigenvalue weighted by molar-refractivity contribution is -0.133. The van der Waals surface area contributed by atoms with Crippen molar-refractivity contribution in [2.75, 3.05) is 5.75 Å². The number of rotatable bonds is 5. The SMILES string of the molecule is CCC(C)(C)c1nnc(SCC(=O)O)n1C(C)(C)C. The monoisotopic (exact) mass is 285 g/mol. The van der Waals surface area contributed by atoms with E-state index in [2.05, 4.69) is 56.3 Å². The highest BCUT2D eigenvalue weighted by atomic mass is 32.2. The highest BCUT2D eigenvalue weighted by Gasteiger charge is 2.31. The molecule has 0 bridgehead atoms. The number of carbonyl (C=O) groups is 1. The zero-order valence-electron chi connectivity index (χ0n) is 12.5. The molecule has 1 rings (SSSR count). The van der Waals surface area contributed by atoms with Gasteiger partial charge in [0.1, 0.15) is 5.82 Å². The fraction of sp³-hybridized carbons (Fsp3) is 0.769. The Morgan fingerprint density at radius 2 is 1.84 bits per heavy atom. The van der Waals surface area contributed by atoms with E-state index in [1.807, 2.05) is 0 Å². The number of hydrogen-bond donors (Lipinski definition) is 1. The topological polar surface area (TPSA) is 68.0 Å². The van der Waals surface area contributed by atoms with Crippen molar-refractivity contribution in [1.29, 1.82) is 0 Å². The van der Waals surface area contributed by atoms with Crippen LogP contribution < -0.4 is 0 Å². The Hall–Kier alpha value is -1.04. The molecule has 1 aromatic heterocycles. The molecule has 1 N–H and O–H groups in total. The summed E-state index contributed by atoms with van der Waals surface area (Å²) in [5, 5.41) is 18.0. The van der Waals surface area contributed by atoms with E-state index in [0.717, 1.165) is 12.2 Å². The second-order valence-corrected chi connectivity index (χ2v) is 7.17. The Bertz CT molecular complexity index is 461. The number of hydrogen-bond acceptors (Lipinski definition) is 4. The van der Waals surface area contributed by atoms with E-state index in [0.29, 0.717) is 5.16 Å². The fourth-order valence-electron chi connectivity index (χ4n) is 1.69. The van der Waals surface area contributed by atoms with Crippen LogP contribution in [0.15, 0.2) is 5.16 Å². The first-order valence-electron chi connectivity index (χ1n) is 6.40. The lowest BCUT2D eigenvalue weighted by Crippen LogP contribution is -2.31. The predicted octanol–water partition coefficient (Wildman–Crippen LogP) is 2.90. The van der Waals surface area contributed by atoms with E-state index >= 15 is 0 Å². The summed E-state index contributed by atoms with van der Waals surface area (Å²) in [6.07, 6.45) is 0.949. The Labute approximate surface area is 118 Å². The van der Waals surface area contributed by atoms with E-state index in [4.69, 9.17) is 5.11 Å². The van der Waals surface area contributed by atoms with Crippen molar-refractivity contribution >= 4 is 17.7 Å². The second-order valence-electron chi connectivity index (χ2n) is 6.23. The van der Waals surface area contributed by atoms with Crippen LogP contribution in [0.2, 0.25) is 0 Å². The van der Waals surface area contributed by atoms with Crippen molar-refractivity contribution in [1.82, 2.24) is 14.8 Å². The predicted molar refractivity (Wildman–Crippen MR) is 76.7 cm³/mol. The Morgan fingerprint density at radius 1 is 1.26 bits per heavy atom. The molecule has 108 valence electrons. The van der Waals surface area contributed by atoms with Crippen LogP contribution in [0.1, 0.15) is 53.8 Å². The highest BCUT2D eigenvalue weighted by molar-refractivity contribution is 7.99. The molecule has 19 heavy (non-hydrogen) atoms. The van der Waals surface area contributed by atoms with Gasteiger partial charge in [0, 0.05) is 11.0 Å². The van der Waals surface area contributed by atoms with Gasteiger partial charge in [-0.1, -0.05) is 32.5 Å². The first kappa shape index (κ1) is 16.0. The van der Waals surface area contributed by atoms with Crippen molar-refractivity contribution in [2.45, 2.75) is 64.1 Å². The molecule has 0 amide bonds. The van der Waals surface area contributed by atoms with Gasteiger partial charge in [-0.2, -0.15) is 0 Å². The minimum Gasteiger partial charge on any atom is -0.481 e. The molecule has 0 radical (unpaired) electrons. The first-order valence-corrected chi connectivity index (χ1v) is 7.39. The fourth-order valence-corrected chi connectivity index (χ4v) is 2.53. The van der Waals surface area contributed by atoms with E-state index in [1.165, 1.54) is 11.8 Å². The maximum atomic E-state index is 10.7. The van der Waals surface area contributed by atoms with Gasteiger partial charge in [0.2, 0.25) is 0 Å². The van der Waals surface area contributed by atoms with Crippen LogP contribution in [0.25, 0.3) is 0 Å². The quantitative estimate of drug-likeness (QED) is 0.842. The number of carboxylic acids is 1. The van der Waals surface area contributed by atoms with Crippen molar-refractivity contribution in [3.63, 3.8) is 0 Å². The zero-order chi connectivity index (χ0) is 14.8. The summed E-state index contributed by atoms with van der Waals surface area (Å²) in [4.78, 5) is 10.7. The molecule has 0 aliphatic carbocycles. The van der Waals surface area contributed by atoms with Crippen LogP contribution in [0.5, 0.6) is 0 Å². The van der Waals surface area contributed by atoms with Crippen LogP contribution in [0.3, 0.4) is 0 Å². The van der Waals surface area contributed by atoms with Gasteiger partial charge < -0.3 is 9.67 Å². The number of carboxylic acid groups (broad SMARTS) is 1. The molecule has 1 heterocycles. The van der Waals surface area contributed by atoms with Gasteiger partial charge in [-0.05, 0) is 27.2 Å². The maximum absolute atomic E-state index is 10.7. The van der Waals surface area contributed by atoms with E-state index in [1.54, 1.807) is 0 Å². The van der Waals surface area contributed by atoms with Gasteiger partial charge in [0.25, 0.3) is 0 Å². The molecule has 0 aliphatic rings. The largest absolute Gasteiger partial charge is 0.481 e. The average Bonchev–Trinajstić information content (AvgIpc) is 2.70. The summed E-state index contributed by atoms with van der Waals surface area (Å²) in [5.41, 5.74) is -0.256. The lowest BCUT2D eigenvalue weighted by Gasteiger charge is -2.30. The summed E-state index contributed by atoms with van der Waals surface area (Å²) < 4.78 is 2.06. The highest BCUT2D eigenvalue weighted by Crippen LogP contribution is 2.33. The molecule has 1 aromatic rings. The minimum absolute atomic E-state index is 0.000761. The molecule has 0 aliphatic heterocycles. The Morgan fingerprint density at radius 3 is 2.26 bits per heavy atom. The molecule has 0 saturated heterocycles. The molecular formula is C13H23N3O2S. The number of thioether (sulfide) groups is 1. The van der Waals surface area contributed by atoms with Crippen LogP contribution in [0, 0.1) is 0 Å². The van der Waals surface area contributed by atoms with Crippen LogP contribution in [0.4, 0.5) is 0 Å². The molecule has 6 heteroatoms. The second kappa shape index (κ2) is 5.53. The van der Waals surface area contributed by atoms with Gasteiger partial charge in [0.05, 0.1) is 5.75 Å². The zero-order valence-corrected chi connectivity index (χ0v) is 13.3. The van der Waals surface area contributed by atoms with Gasteiger partial charge >= 0.3 is 5.97 Å². The molecule has 0 aromatic carbocycles. The average molecular weight is 285 g/mol. The minimum atomic E-state index is -0.843. The third kappa shape index (κ3) is 3.72. The van der Waals surface area contributed by atoms with Crippen molar-refractivity contribution in [3.8, 4) is 0 Å². The summed E-state index contributed by atoms with van der Waals surface area (Å²) >= 11 is 1.22. The molecule has 0 saturated carbocycles. The number of nitrogens with zero attached hydrogens (tertiary/aromatic N) is 3. The van der Waals surface area contributed by atoms with Crippen LogP contribution in [-0.2, 0) is 15.7 Å². The standard InChI is InChI=1S/C13H23N3O2S/c1-7-13(5,6)10-14-15-11(19-8-9(17)18)16(10)12(2,3)4/h7-8H2,1-6H3,(H,17,18). The maximum Gasteiger partial charge on any atom is 0.313 e. The summed E-state index contributed by atoms with van der Waals surface area (Å²) in [6, 6.07) is 0. The van der Waals surface area contributed by atoms with Crippen LogP contribution in [-0.4, -0.2) is 31.6 Å². The van der Waals surface area contributed by atoms with Gasteiger partial charge in [-0.25, -0.2) is 0 Å². The molecule has 5 nitrogen and oxygen atoms in total. The Kier molecular flexibility index (Phi) is 4.66. The molecule has 0 spiro atoms. The molecule has 0 fully saturated rings.